The topological polar surface area (TPSA) is 94.2 Å². The lowest BCUT2D eigenvalue weighted by Crippen LogP contribution is -2.23. The normalized spacial score (nSPS) is 10.6. The first-order chi connectivity index (χ1) is 13.3. The number of hydrogen-bond acceptors (Lipinski definition) is 5. The van der Waals surface area contributed by atoms with Crippen molar-refractivity contribution in [1.29, 1.82) is 0 Å². The quantitative estimate of drug-likeness (QED) is 0.507. The molecule has 1 aromatic heterocycles. The first-order valence-corrected chi connectivity index (χ1v) is 9.13. The van der Waals surface area contributed by atoms with E-state index >= 15 is 0 Å². The van der Waals surface area contributed by atoms with Gasteiger partial charge in [-0.1, -0.05) is 35.6 Å². The van der Waals surface area contributed by atoms with Crippen LogP contribution in [0.3, 0.4) is 0 Å². The summed E-state index contributed by atoms with van der Waals surface area (Å²) < 4.78 is 14.5. The molecule has 1 heterocycles. The Kier molecular flexibility index (Phi) is 5.65. The van der Waals surface area contributed by atoms with Crippen LogP contribution in [0.4, 0.5) is 10.1 Å². The third-order valence-corrected chi connectivity index (χ3v) is 5.28. The average molecular weight is 401 g/mol. The minimum Gasteiger partial charge on any atom is -0.347 e. The van der Waals surface area contributed by atoms with Gasteiger partial charge in [-0.05, 0) is 30.2 Å². The predicted molar refractivity (Wildman–Crippen MR) is 103 cm³/mol. The molecular formula is C19H16FN3O4S. The van der Waals surface area contributed by atoms with Gasteiger partial charge >= 0.3 is 4.87 Å². The molecular weight excluding hydrogens is 385 g/mol. The summed E-state index contributed by atoms with van der Waals surface area (Å²) in [5, 5.41) is 13.4. The zero-order chi connectivity index (χ0) is 20.3. The first-order valence-electron chi connectivity index (χ1n) is 8.31. The van der Waals surface area contributed by atoms with Crippen LogP contribution in [0.15, 0.2) is 53.3 Å². The van der Waals surface area contributed by atoms with Crippen molar-refractivity contribution >= 4 is 22.9 Å². The number of thiazole rings is 1. The third-order valence-electron chi connectivity index (χ3n) is 4.20. The SMILES string of the molecule is Cc1c(C(=O)NCc2ccc([N+](=O)[O-])cc2)sc(=O)n1Cc1ccc(F)cc1. The third kappa shape index (κ3) is 4.32. The molecule has 0 aliphatic carbocycles. The standard InChI is InChI=1S/C19H16FN3O4S/c1-12-17(18(24)21-10-13-4-8-16(9-5-13)23(26)27)28-19(25)22(12)11-14-2-6-15(20)7-3-14/h2-9H,10-11H2,1H3,(H,21,24). The fourth-order valence-electron chi connectivity index (χ4n) is 2.64. The van der Waals surface area contributed by atoms with Gasteiger partial charge in [0.2, 0.25) is 0 Å². The number of non-ortho nitro benzene ring substituents is 1. The van der Waals surface area contributed by atoms with E-state index in [1.54, 1.807) is 31.2 Å². The lowest BCUT2D eigenvalue weighted by atomic mass is 10.2. The molecule has 28 heavy (non-hydrogen) atoms. The molecule has 1 N–H and O–H groups in total. The lowest BCUT2D eigenvalue weighted by Gasteiger charge is -2.07. The van der Waals surface area contributed by atoms with Gasteiger partial charge in [-0.25, -0.2) is 4.39 Å². The molecule has 0 aliphatic rings. The zero-order valence-electron chi connectivity index (χ0n) is 14.8. The minimum atomic E-state index is -0.493. The number of rotatable bonds is 6. The van der Waals surface area contributed by atoms with Gasteiger partial charge < -0.3 is 5.32 Å². The van der Waals surface area contributed by atoms with Gasteiger partial charge in [-0.2, -0.15) is 0 Å². The molecule has 0 fully saturated rings. The predicted octanol–water partition coefficient (Wildman–Crippen LogP) is 3.24. The number of nitro groups is 1. The Morgan fingerprint density at radius 1 is 1.14 bits per heavy atom. The van der Waals surface area contributed by atoms with Crippen molar-refractivity contribution in [2.45, 2.75) is 20.0 Å². The minimum absolute atomic E-state index is 0.0259. The van der Waals surface area contributed by atoms with Crippen LogP contribution >= 0.6 is 11.3 Å². The van der Waals surface area contributed by atoms with Crippen LogP contribution < -0.4 is 10.2 Å². The Morgan fingerprint density at radius 2 is 1.75 bits per heavy atom. The molecule has 144 valence electrons. The van der Waals surface area contributed by atoms with Crippen molar-refractivity contribution in [2.24, 2.45) is 0 Å². The molecule has 0 saturated carbocycles. The molecule has 0 radical (unpaired) electrons. The molecule has 0 aliphatic heterocycles. The zero-order valence-corrected chi connectivity index (χ0v) is 15.7. The summed E-state index contributed by atoms with van der Waals surface area (Å²) in [6.07, 6.45) is 0. The number of carbonyl (C=O) groups is 1. The molecule has 2 aromatic carbocycles. The Hall–Kier alpha value is -3.33. The number of carbonyl (C=O) groups excluding carboxylic acids is 1. The number of nitrogens with one attached hydrogen (secondary N) is 1. The monoisotopic (exact) mass is 401 g/mol. The molecule has 9 heteroatoms. The molecule has 1 amide bonds. The second kappa shape index (κ2) is 8.13. The molecule has 3 aromatic rings. The van der Waals surface area contributed by atoms with E-state index in [0.717, 1.165) is 16.9 Å². The molecule has 0 unspecified atom stereocenters. The first kappa shape index (κ1) is 19.4. The van der Waals surface area contributed by atoms with Crippen LogP contribution in [-0.2, 0) is 13.1 Å². The summed E-state index contributed by atoms with van der Waals surface area (Å²) in [5.74, 6) is -0.750. The van der Waals surface area contributed by atoms with Crippen LogP contribution in [0.1, 0.15) is 26.5 Å². The smallest absolute Gasteiger partial charge is 0.308 e. The Bertz CT molecular complexity index is 1070. The molecule has 3 rings (SSSR count). The largest absolute Gasteiger partial charge is 0.347 e. The van der Waals surface area contributed by atoms with E-state index in [0.29, 0.717) is 16.1 Å². The number of benzene rings is 2. The Morgan fingerprint density at radius 3 is 2.36 bits per heavy atom. The van der Waals surface area contributed by atoms with Gasteiger partial charge in [0.15, 0.2) is 0 Å². The molecule has 0 atom stereocenters. The van der Waals surface area contributed by atoms with Crippen molar-refractivity contribution in [3.63, 3.8) is 0 Å². The van der Waals surface area contributed by atoms with Crippen molar-refractivity contribution in [3.8, 4) is 0 Å². The van der Waals surface area contributed by atoms with Crippen LogP contribution in [0.5, 0.6) is 0 Å². The van der Waals surface area contributed by atoms with E-state index in [1.165, 1.54) is 28.8 Å². The maximum absolute atomic E-state index is 13.0. The number of aromatic nitrogens is 1. The van der Waals surface area contributed by atoms with Gasteiger partial charge in [-0.3, -0.25) is 24.3 Å². The fraction of sp³-hybridized carbons (Fsp3) is 0.158. The van der Waals surface area contributed by atoms with E-state index in [9.17, 15) is 24.1 Å². The number of nitrogens with zero attached hydrogens (tertiary/aromatic N) is 2. The highest BCUT2D eigenvalue weighted by Gasteiger charge is 2.18. The van der Waals surface area contributed by atoms with Gasteiger partial charge in [0.05, 0.1) is 11.5 Å². The lowest BCUT2D eigenvalue weighted by molar-refractivity contribution is -0.384. The van der Waals surface area contributed by atoms with Gasteiger partial charge in [0.1, 0.15) is 10.7 Å². The van der Waals surface area contributed by atoms with E-state index < -0.39 is 10.8 Å². The summed E-state index contributed by atoms with van der Waals surface area (Å²) in [6, 6.07) is 11.7. The average Bonchev–Trinajstić information content (AvgIpc) is 2.96. The number of hydrogen-bond donors (Lipinski definition) is 1. The summed E-state index contributed by atoms with van der Waals surface area (Å²) in [7, 11) is 0. The Labute approximate surface area is 163 Å². The van der Waals surface area contributed by atoms with E-state index in [4.69, 9.17) is 0 Å². The van der Waals surface area contributed by atoms with Crippen molar-refractivity contribution in [1.82, 2.24) is 9.88 Å². The highest BCUT2D eigenvalue weighted by atomic mass is 32.1. The van der Waals surface area contributed by atoms with Crippen LogP contribution in [-0.4, -0.2) is 15.4 Å². The van der Waals surface area contributed by atoms with Crippen molar-refractivity contribution < 1.29 is 14.1 Å². The summed E-state index contributed by atoms with van der Waals surface area (Å²) in [5.41, 5.74) is 1.96. The molecule has 0 saturated heterocycles. The van der Waals surface area contributed by atoms with Gasteiger partial charge in [-0.15, -0.1) is 0 Å². The van der Waals surface area contributed by atoms with E-state index in [-0.39, 0.29) is 29.5 Å². The van der Waals surface area contributed by atoms with Crippen LogP contribution in [0, 0.1) is 22.9 Å². The highest BCUT2D eigenvalue weighted by molar-refractivity contribution is 7.11. The van der Waals surface area contributed by atoms with Gasteiger partial charge in [0.25, 0.3) is 11.6 Å². The number of nitro benzene ring substituents is 1. The fourth-order valence-corrected chi connectivity index (χ4v) is 3.55. The van der Waals surface area contributed by atoms with E-state index in [2.05, 4.69) is 5.32 Å². The Balaban J connectivity index is 1.71. The summed E-state index contributed by atoms with van der Waals surface area (Å²) in [4.78, 5) is 34.9. The maximum atomic E-state index is 13.0. The van der Waals surface area contributed by atoms with Gasteiger partial charge in [0, 0.05) is 24.4 Å². The van der Waals surface area contributed by atoms with Crippen molar-refractivity contribution in [2.75, 3.05) is 0 Å². The molecule has 0 spiro atoms. The number of amides is 1. The second-order valence-corrected chi connectivity index (χ2v) is 7.06. The van der Waals surface area contributed by atoms with Crippen LogP contribution in [0.2, 0.25) is 0 Å². The molecule has 7 nitrogen and oxygen atoms in total. The van der Waals surface area contributed by atoms with Crippen LogP contribution in [0.25, 0.3) is 0 Å². The second-order valence-electron chi connectivity index (χ2n) is 6.10. The summed E-state index contributed by atoms with van der Waals surface area (Å²) >= 11 is 0.845. The van der Waals surface area contributed by atoms with Crippen molar-refractivity contribution in [3.05, 3.63) is 95.8 Å². The molecule has 0 bridgehead atoms. The highest BCUT2D eigenvalue weighted by Crippen LogP contribution is 2.15. The summed E-state index contributed by atoms with van der Waals surface area (Å²) in [6.45, 7) is 2.11. The maximum Gasteiger partial charge on any atom is 0.308 e. The number of halogens is 1. The van der Waals surface area contributed by atoms with E-state index in [1.807, 2.05) is 0 Å².